The van der Waals surface area contributed by atoms with Crippen molar-refractivity contribution in [1.82, 2.24) is 43.9 Å². The molecule has 6 aromatic carbocycles. The first kappa shape index (κ1) is 80.6. The highest BCUT2D eigenvalue weighted by Crippen LogP contribution is 2.55. The van der Waals surface area contributed by atoms with Crippen LogP contribution in [0.25, 0.3) is 33.5 Å². The van der Waals surface area contributed by atoms with Crippen LogP contribution in [0.5, 0.6) is 11.5 Å². The zero-order valence-corrected chi connectivity index (χ0v) is 64.9. The number of methoxy groups -OCH3 is 2. The van der Waals surface area contributed by atoms with Gasteiger partial charge in [-0.05, 0) is 113 Å². The molecular formula is C84H89N12O17P. The average Bonchev–Trinajstić information content (AvgIpc) is 1.77. The monoisotopic (exact) mass is 1570 g/mol. The van der Waals surface area contributed by atoms with Gasteiger partial charge in [0.1, 0.15) is 84.8 Å². The number of imidazole rings is 2. The zero-order chi connectivity index (χ0) is 79.9. The predicted octanol–water partition coefficient (Wildman–Crippen LogP) is 13.8. The maximum absolute atomic E-state index is 15.8. The maximum atomic E-state index is 15.8. The number of hydrogen-bond donors (Lipinski definition) is 2. The van der Waals surface area contributed by atoms with Crippen LogP contribution in [-0.4, -0.2) is 158 Å². The van der Waals surface area contributed by atoms with Crippen molar-refractivity contribution < 1.29 is 80.1 Å². The fraction of sp³-hybridized carbons (Fsp3) is 0.369. The molecule has 7 atom stereocenters. The van der Waals surface area contributed by atoms with Gasteiger partial charge in [0, 0.05) is 63.6 Å². The Hall–Kier alpha value is -11.5. The molecule has 10 aromatic rings. The third kappa shape index (κ3) is 18.9. The van der Waals surface area contributed by atoms with E-state index in [2.05, 4.69) is 61.5 Å². The molecule has 30 heteroatoms. The molecule has 3 amide bonds. The van der Waals surface area contributed by atoms with Crippen LogP contribution in [0.1, 0.15) is 147 Å². The van der Waals surface area contributed by atoms with E-state index in [4.69, 9.17) is 51.7 Å². The van der Waals surface area contributed by atoms with E-state index in [-0.39, 0.29) is 116 Å². The summed E-state index contributed by atoms with van der Waals surface area (Å²) in [6.45, 7) is 4.55. The van der Waals surface area contributed by atoms with Gasteiger partial charge in [-0.15, -0.1) is 0 Å². The Bertz CT molecular complexity index is 5060. The number of fused-ring (bicyclic) bond motifs is 5. The molecule has 592 valence electrons. The predicted molar refractivity (Wildman–Crippen MR) is 418 cm³/mol. The lowest BCUT2D eigenvalue weighted by atomic mass is 9.80. The molecule has 2 saturated heterocycles. The van der Waals surface area contributed by atoms with Crippen molar-refractivity contribution in [2.75, 3.05) is 64.9 Å². The molecule has 0 bridgehead atoms. The van der Waals surface area contributed by atoms with Crippen molar-refractivity contribution in [1.29, 1.82) is 5.26 Å². The molecule has 13 rings (SSSR count). The maximum Gasteiger partial charge on any atom is 0.475 e. The summed E-state index contributed by atoms with van der Waals surface area (Å²) in [5.74, 6) is -0.0165. The quantitative estimate of drug-likeness (QED) is 0.0158. The second-order valence-corrected chi connectivity index (χ2v) is 30.1. The Labute approximate surface area is 658 Å². The molecule has 114 heavy (non-hydrogen) atoms. The van der Waals surface area contributed by atoms with Gasteiger partial charge in [0.25, 0.3) is 5.91 Å². The molecule has 0 spiro atoms. The van der Waals surface area contributed by atoms with E-state index in [0.29, 0.717) is 58.9 Å². The molecule has 1 aliphatic carbocycles. The number of esters is 1. The highest BCUT2D eigenvalue weighted by atomic mass is 31.2. The lowest BCUT2D eigenvalue weighted by molar-refractivity contribution is -0.153. The molecule has 2 unspecified atom stereocenters. The SMILES string of the molecule is COc1ccc(C(OC[C@H]2O[C@@H](n3cnc4c(NC(=O)c5ccc(CCC(=O)CCC(C)C)cc5)ncnc43)CC2O[P@](=O)(OCCC#N)OC[C@H]2O[C@@H](n3cnc4c(NC(=O)CCCN(C)C(=O)OCC5c6ccccc6-c6ccccc65)ncnc43)CC2OC(=O)CCC(C)=O)(c2ccccc2)c2ccc(OC)cc2)cc1. The number of phosphoric acid groups is 1. The van der Waals surface area contributed by atoms with Crippen molar-refractivity contribution >= 4 is 77.2 Å². The van der Waals surface area contributed by atoms with Crippen LogP contribution in [0.2, 0.25) is 0 Å². The summed E-state index contributed by atoms with van der Waals surface area (Å²) < 4.78 is 82.2. The van der Waals surface area contributed by atoms with Gasteiger partial charge in [-0.2, -0.15) is 5.26 Å². The average molecular weight is 1570 g/mol. The van der Waals surface area contributed by atoms with Crippen molar-refractivity contribution in [2.24, 2.45) is 5.92 Å². The molecule has 2 aliphatic heterocycles. The minimum absolute atomic E-state index is 0.00163. The number of ketones is 2. The smallest absolute Gasteiger partial charge is 0.475 e. The molecule has 0 radical (unpaired) electrons. The minimum atomic E-state index is -4.94. The van der Waals surface area contributed by atoms with E-state index in [1.54, 1.807) is 42.5 Å². The summed E-state index contributed by atoms with van der Waals surface area (Å²) in [6, 6.07) is 49.5. The number of aryl methyl sites for hydroxylation is 1. The third-order valence-electron chi connectivity index (χ3n) is 20.4. The highest BCUT2D eigenvalue weighted by Gasteiger charge is 2.48. The van der Waals surface area contributed by atoms with E-state index >= 15 is 4.57 Å². The van der Waals surface area contributed by atoms with Gasteiger partial charge in [0.15, 0.2) is 34.0 Å². The van der Waals surface area contributed by atoms with Gasteiger partial charge < -0.3 is 53.5 Å². The summed E-state index contributed by atoms with van der Waals surface area (Å²) in [4.78, 5) is 108. The molecule has 2 fully saturated rings. The van der Waals surface area contributed by atoms with Crippen LogP contribution in [0.15, 0.2) is 177 Å². The molecule has 3 aliphatic rings. The van der Waals surface area contributed by atoms with Crippen LogP contribution in [0.3, 0.4) is 0 Å². The Morgan fingerprint density at radius 3 is 1.80 bits per heavy atom. The Balaban J connectivity index is 0.743. The molecule has 4 aromatic heterocycles. The lowest BCUT2D eigenvalue weighted by Gasteiger charge is -2.37. The van der Waals surface area contributed by atoms with E-state index in [0.717, 1.165) is 34.2 Å². The molecular weight excluding hydrogens is 1480 g/mol. The largest absolute Gasteiger partial charge is 0.497 e. The van der Waals surface area contributed by atoms with Gasteiger partial charge in [-0.25, -0.2) is 39.3 Å². The third-order valence-corrected chi connectivity index (χ3v) is 21.9. The van der Waals surface area contributed by atoms with Gasteiger partial charge in [0.05, 0.1) is 65.6 Å². The lowest BCUT2D eigenvalue weighted by Crippen LogP contribution is -2.38. The van der Waals surface area contributed by atoms with Crippen LogP contribution in [0.4, 0.5) is 16.4 Å². The van der Waals surface area contributed by atoms with E-state index < -0.39 is 87.4 Å². The second kappa shape index (κ2) is 37.0. The number of phosphoric ester groups is 1. The van der Waals surface area contributed by atoms with Crippen molar-refractivity contribution in [2.45, 2.75) is 140 Å². The summed E-state index contributed by atoms with van der Waals surface area (Å²) in [5, 5.41) is 15.6. The molecule has 2 N–H and O–H groups in total. The zero-order valence-electron chi connectivity index (χ0n) is 64.0. The van der Waals surface area contributed by atoms with E-state index in [9.17, 15) is 34.0 Å². The van der Waals surface area contributed by atoms with Gasteiger partial charge >= 0.3 is 19.9 Å². The first-order valence-electron chi connectivity index (χ1n) is 37.9. The van der Waals surface area contributed by atoms with E-state index in [1.165, 1.54) is 37.1 Å². The van der Waals surface area contributed by atoms with Crippen LogP contribution in [-0.2, 0) is 73.0 Å². The number of amides is 3. The Morgan fingerprint density at radius 2 is 1.21 bits per heavy atom. The number of benzene rings is 6. The summed E-state index contributed by atoms with van der Waals surface area (Å²) >= 11 is 0. The number of hydrogen-bond acceptors (Lipinski definition) is 24. The number of nitriles is 1. The molecule has 0 saturated carbocycles. The van der Waals surface area contributed by atoms with Crippen LogP contribution in [0, 0.1) is 17.2 Å². The molecule has 6 heterocycles. The van der Waals surface area contributed by atoms with Crippen LogP contribution >= 0.6 is 7.82 Å². The summed E-state index contributed by atoms with van der Waals surface area (Å²) in [5.41, 5.74) is 7.17. The fourth-order valence-corrected chi connectivity index (χ4v) is 15.7. The topological polar surface area (TPSA) is 350 Å². The number of carbonyl (C=O) groups is 6. The van der Waals surface area contributed by atoms with Crippen molar-refractivity contribution in [3.8, 4) is 28.7 Å². The summed E-state index contributed by atoms with van der Waals surface area (Å²) in [6.07, 6.45) is -0.104. The number of aromatic nitrogens is 8. The highest BCUT2D eigenvalue weighted by molar-refractivity contribution is 7.48. The number of anilines is 2. The Kier molecular flexibility index (Phi) is 26.1. The number of carbonyl (C=O) groups excluding carboxylic acids is 6. The summed E-state index contributed by atoms with van der Waals surface area (Å²) in [7, 11) is -0.183. The number of nitrogens with zero attached hydrogens (tertiary/aromatic N) is 10. The van der Waals surface area contributed by atoms with Gasteiger partial charge in [-0.3, -0.25) is 41.9 Å². The van der Waals surface area contributed by atoms with E-state index in [1.807, 2.05) is 133 Å². The first-order chi connectivity index (χ1) is 55.3. The fourth-order valence-electron chi connectivity index (χ4n) is 14.3. The Morgan fingerprint density at radius 1 is 0.640 bits per heavy atom. The standard InChI is InChI=1S/C84H89N12O17P/c1-53(2)23-34-60(98)35-27-55-25-28-56(29-26-55)82(101)93-79-77-81(89-50-87-79)96(52-91-77)74-45-69(70(110-74)47-107-84(57-16-8-7-9-17-57,58-30-36-61(104-5)37-31-58)59-32-38-62(105-6)39-33-59)113-114(103,108-43-15-41-85)109-48-71-68(112-75(100)40-24-54(3)97)44-73(111-71)95-51-90-76-78(86-49-88-80(76)95)92-72(99)22-14-42-94(4)83(102)106-46-67-65-20-12-10-18-63(65)64-19-11-13-21-66(64)67/h7-13,16-21,25-26,28-33,36-39,49-53,67-71,73-74H,14-15,22-24,27,34-35,40,42-48H2,1-6H3,(H,86,88,92,99)(H,87,89,93,101)/t68?,69?,70-,71-,73-,74-,114-/m1/s1. The van der Waals surface area contributed by atoms with Gasteiger partial charge in [-0.1, -0.05) is 129 Å². The molecule has 29 nitrogen and oxygen atoms in total. The number of nitrogens with one attached hydrogen (secondary N) is 2. The second-order valence-electron chi connectivity index (χ2n) is 28.5. The van der Waals surface area contributed by atoms with Crippen molar-refractivity contribution in [3.05, 3.63) is 216 Å². The number of Topliss-reactive ketones (excluding diaryl/α,β-unsaturated/α-hetero) is 2. The van der Waals surface area contributed by atoms with Crippen LogP contribution < -0.4 is 20.1 Å². The normalized spacial score (nSPS) is 17.7. The number of rotatable bonds is 37. The van der Waals surface area contributed by atoms with Gasteiger partial charge in [0.2, 0.25) is 5.91 Å². The first-order valence-corrected chi connectivity index (χ1v) is 39.3. The van der Waals surface area contributed by atoms with Crippen molar-refractivity contribution in [3.63, 3.8) is 0 Å². The minimum Gasteiger partial charge on any atom is -0.497 e. The number of ether oxygens (including phenoxy) is 7.